The second kappa shape index (κ2) is 7.59. The van der Waals surface area contributed by atoms with Crippen molar-refractivity contribution in [1.82, 2.24) is 29.3 Å². The molecular weight excluding hydrogens is 368 g/mol. The Morgan fingerprint density at radius 1 is 1.14 bits per heavy atom. The standard InChI is InChI=1S/C20H24N8O/c1-4-27-18-16(25-20(27)26(3)10-9-21)11-22-28(19(18)29)12-17-23-13(2)14-7-5-6-8-15(14)24-17/h5-8,11H,4,9-10,12,21H2,1-3H3. The van der Waals surface area contributed by atoms with E-state index in [4.69, 9.17) is 5.73 Å². The third-order valence-electron chi connectivity index (χ3n) is 4.98. The second-order valence-corrected chi connectivity index (χ2v) is 6.95. The van der Waals surface area contributed by atoms with E-state index >= 15 is 0 Å². The fourth-order valence-electron chi connectivity index (χ4n) is 3.57. The van der Waals surface area contributed by atoms with Crippen molar-refractivity contribution < 1.29 is 0 Å². The molecule has 4 rings (SSSR count). The number of hydrogen-bond donors (Lipinski definition) is 1. The van der Waals surface area contributed by atoms with E-state index in [1.54, 1.807) is 6.20 Å². The van der Waals surface area contributed by atoms with Gasteiger partial charge in [-0.25, -0.2) is 19.6 Å². The Labute approximate surface area is 167 Å². The number of para-hydroxylation sites is 1. The van der Waals surface area contributed by atoms with Crippen molar-refractivity contribution in [1.29, 1.82) is 0 Å². The smallest absolute Gasteiger partial charge is 0.293 e. The van der Waals surface area contributed by atoms with Crippen LogP contribution >= 0.6 is 0 Å². The van der Waals surface area contributed by atoms with Gasteiger partial charge in [-0.05, 0) is 19.9 Å². The van der Waals surface area contributed by atoms with Crippen LogP contribution < -0.4 is 16.2 Å². The Morgan fingerprint density at radius 2 is 1.93 bits per heavy atom. The lowest BCUT2D eigenvalue weighted by Crippen LogP contribution is -2.29. The Balaban J connectivity index is 1.79. The Morgan fingerprint density at radius 3 is 2.69 bits per heavy atom. The van der Waals surface area contributed by atoms with E-state index < -0.39 is 0 Å². The van der Waals surface area contributed by atoms with E-state index in [9.17, 15) is 4.79 Å². The molecule has 2 N–H and O–H groups in total. The largest absolute Gasteiger partial charge is 0.344 e. The van der Waals surface area contributed by atoms with E-state index in [-0.39, 0.29) is 12.1 Å². The van der Waals surface area contributed by atoms with Gasteiger partial charge in [-0.15, -0.1) is 0 Å². The SMILES string of the molecule is CCn1c(N(C)CCN)nc2cnn(Cc3nc(C)c4ccccc4n3)c(=O)c21. The fraction of sp³-hybridized carbons (Fsp3) is 0.350. The molecule has 0 saturated carbocycles. The highest BCUT2D eigenvalue weighted by molar-refractivity contribution is 5.80. The van der Waals surface area contributed by atoms with E-state index in [2.05, 4.69) is 20.1 Å². The molecule has 4 aromatic rings. The second-order valence-electron chi connectivity index (χ2n) is 6.95. The van der Waals surface area contributed by atoms with Gasteiger partial charge >= 0.3 is 0 Å². The molecule has 0 atom stereocenters. The van der Waals surface area contributed by atoms with E-state index in [0.29, 0.717) is 42.4 Å². The highest BCUT2D eigenvalue weighted by Crippen LogP contribution is 2.19. The first-order valence-corrected chi connectivity index (χ1v) is 9.63. The number of aromatic nitrogens is 6. The van der Waals surface area contributed by atoms with Crippen LogP contribution in [0.15, 0.2) is 35.3 Å². The maximum Gasteiger partial charge on any atom is 0.293 e. The highest BCUT2D eigenvalue weighted by atomic mass is 16.1. The van der Waals surface area contributed by atoms with Crippen LogP contribution in [0.3, 0.4) is 0 Å². The van der Waals surface area contributed by atoms with Gasteiger partial charge in [0, 0.05) is 37.8 Å². The van der Waals surface area contributed by atoms with Crippen molar-refractivity contribution in [2.45, 2.75) is 26.9 Å². The van der Waals surface area contributed by atoms with Gasteiger partial charge in [0.15, 0.2) is 5.82 Å². The van der Waals surface area contributed by atoms with Crippen molar-refractivity contribution in [3.8, 4) is 0 Å². The maximum absolute atomic E-state index is 13.2. The number of imidazole rings is 1. The Bertz CT molecular complexity index is 1240. The molecule has 0 fully saturated rings. The molecule has 0 aliphatic carbocycles. The zero-order valence-electron chi connectivity index (χ0n) is 16.8. The Hall–Kier alpha value is -3.33. The molecule has 0 spiro atoms. The summed E-state index contributed by atoms with van der Waals surface area (Å²) in [5, 5.41) is 5.31. The summed E-state index contributed by atoms with van der Waals surface area (Å²) in [6.07, 6.45) is 1.62. The molecule has 0 aliphatic heterocycles. The van der Waals surface area contributed by atoms with Gasteiger partial charge < -0.3 is 15.2 Å². The van der Waals surface area contributed by atoms with Crippen molar-refractivity contribution in [2.24, 2.45) is 5.73 Å². The monoisotopic (exact) mass is 392 g/mol. The van der Waals surface area contributed by atoms with E-state index in [1.807, 2.05) is 54.6 Å². The molecule has 150 valence electrons. The summed E-state index contributed by atoms with van der Waals surface area (Å²) in [5.74, 6) is 1.26. The zero-order chi connectivity index (χ0) is 20.5. The quantitative estimate of drug-likeness (QED) is 0.527. The van der Waals surface area contributed by atoms with Crippen LogP contribution in [0.5, 0.6) is 0 Å². The zero-order valence-corrected chi connectivity index (χ0v) is 16.8. The minimum Gasteiger partial charge on any atom is -0.344 e. The van der Waals surface area contributed by atoms with Crippen molar-refractivity contribution in [3.05, 3.63) is 52.3 Å². The molecule has 3 heterocycles. The minimum absolute atomic E-state index is 0.198. The first-order chi connectivity index (χ1) is 14.0. The predicted octanol–water partition coefficient (Wildman–Crippen LogP) is 1.31. The number of anilines is 1. The third-order valence-corrected chi connectivity index (χ3v) is 4.98. The lowest BCUT2D eigenvalue weighted by molar-refractivity contribution is 0.617. The molecule has 3 aromatic heterocycles. The number of nitrogens with zero attached hydrogens (tertiary/aromatic N) is 7. The van der Waals surface area contributed by atoms with Gasteiger partial charge in [0.2, 0.25) is 5.95 Å². The summed E-state index contributed by atoms with van der Waals surface area (Å²) in [7, 11) is 1.91. The molecule has 1 aromatic carbocycles. The summed E-state index contributed by atoms with van der Waals surface area (Å²) in [4.78, 5) is 28.9. The Kier molecular flexibility index (Phi) is 4.98. The normalized spacial score (nSPS) is 11.4. The fourth-order valence-corrected chi connectivity index (χ4v) is 3.57. The summed E-state index contributed by atoms with van der Waals surface area (Å²) in [6.45, 7) is 5.90. The van der Waals surface area contributed by atoms with Crippen LogP contribution in [0.1, 0.15) is 18.4 Å². The summed E-state index contributed by atoms with van der Waals surface area (Å²) >= 11 is 0. The summed E-state index contributed by atoms with van der Waals surface area (Å²) in [5.41, 5.74) is 8.30. The molecule has 0 bridgehead atoms. The molecule has 0 aliphatic rings. The van der Waals surface area contributed by atoms with Crippen LogP contribution in [-0.4, -0.2) is 49.4 Å². The van der Waals surface area contributed by atoms with Gasteiger partial charge in [0.25, 0.3) is 5.56 Å². The van der Waals surface area contributed by atoms with Crippen molar-refractivity contribution >= 4 is 27.9 Å². The van der Waals surface area contributed by atoms with Crippen LogP contribution in [-0.2, 0) is 13.1 Å². The van der Waals surface area contributed by atoms with Gasteiger partial charge in [0.05, 0.1) is 11.7 Å². The minimum atomic E-state index is -0.210. The highest BCUT2D eigenvalue weighted by Gasteiger charge is 2.18. The number of fused-ring (bicyclic) bond motifs is 2. The van der Waals surface area contributed by atoms with Crippen LogP contribution in [0, 0.1) is 6.92 Å². The van der Waals surface area contributed by atoms with Crippen LogP contribution in [0.4, 0.5) is 5.95 Å². The van der Waals surface area contributed by atoms with Gasteiger partial charge in [0.1, 0.15) is 17.6 Å². The third kappa shape index (κ3) is 3.33. The molecule has 9 nitrogen and oxygen atoms in total. The molecule has 9 heteroatoms. The van der Waals surface area contributed by atoms with Gasteiger partial charge in [-0.1, -0.05) is 18.2 Å². The topological polar surface area (TPSA) is 108 Å². The molecule has 29 heavy (non-hydrogen) atoms. The maximum atomic E-state index is 13.2. The number of benzene rings is 1. The van der Waals surface area contributed by atoms with Crippen molar-refractivity contribution in [3.63, 3.8) is 0 Å². The molecular formula is C20H24N8O. The van der Waals surface area contributed by atoms with Crippen molar-refractivity contribution in [2.75, 3.05) is 25.0 Å². The number of hydrogen-bond acceptors (Lipinski definition) is 7. The number of likely N-dealkylation sites (N-methyl/N-ethyl adjacent to an activating group) is 1. The number of rotatable bonds is 6. The first kappa shape index (κ1) is 19.0. The molecule has 0 unspecified atom stereocenters. The average Bonchev–Trinajstić information content (AvgIpc) is 3.10. The molecule has 0 amide bonds. The lowest BCUT2D eigenvalue weighted by atomic mass is 10.2. The van der Waals surface area contributed by atoms with E-state index in [0.717, 1.165) is 16.6 Å². The first-order valence-electron chi connectivity index (χ1n) is 9.63. The summed E-state index contributed by atoms with van der Waals surface area (Å²) < 4.78 is 3.30. The molecule has 0 saturated heterocycles. The van der Waals surface area contributed by atoms with Gasteiger partial charge in [-0.2, -0.15) is 5.10 Å². The molecule has 0 radical (unpaired) electrons. The lowest BCUT2D eigenvalue weighted by Gasteiger charge is -2.18. The van der Waals surface area contributed by atoms with Crippen LogP contribution in [0.2, 0.25) is 0 Å². The predicted molar refractivity (Wildman–Crippen MR) is 113 cm³/mol. The van der Waals surface area contributed by atoms with E-state index in [1.165, 1.54) is 4.68 Å². The summed E-state index contributed by atoms with van der Waals surface area (Å²) in [6, 6.07) is 7.83. The average molecular weight is 392 g/mol. The van der Waals surface area contributed by atoms with Gasteiger partial charge in [-0.3, -0.25) is 4.79 Å². The number of nitrogens with two attached hydrogens (primary N) is 1. The van der Waals surface area contributed by atoms with Crippen LogP contribution in [0.25, 0.3) is 21.9 Å². The number of aryl methyl sites for hydroxylation is 2.